The van der Waals surface area contributed by atoms with Crippen LogP contribution in [0.2, 0.25) is 5.02 Å². The van der Waals surface area contributed by atoms with E-state index in [-0.39, 0.29) is 36.4 Å². The van der Waals surface area contributed by atoms with Gasteiger partial charge in [-0.2, -0.15) is 0 Å². The second-order valence-electron chi connectivity index (χ2n) is 10.9. The Morgan fingerprint density at radius 2 is 1.89 bits per heavy atom. The number of halogens is 1. The van der Waals surface area contributed by atoms with E-state index in [0.717, 1.165) is 40.7 Å². The zero-order valence-corrected chi connectivity index (χ0v) is 23.3. The summed E-state index contributed by atoms with van der Waals surface area (Å²) in [6.45, 7) is 7.03. The molecule has 0 bridgehead atoms. The molecule has 2 aliphatic rings. The van der Waals surface area contributed by atoms with E-state index in [4.69, 9.17) is 16.3 Å². The number of aromatic nitrogens is 2. The number of carbonyl (C=O) groups excluding carboxylic acids is 3. The normalized spacial score (nSPS) is 19.8. The van der Waals surface area contributed by atoms with Crippen LogP contribution in [0.5, 0.6) is 0 Å². The number of aromatic amines is 1. The maximum Gasteiger partial charge on any atom is 0.320 e. The predicted octanol–water partition coefficient (Wildman–Crippen LogP) is 4.06. The van der Waals surface area contributed by atoms with Crippen LogP contribution in [-0.4, -0.2) is 63.4 Å². The smallest absolute Gasteiger partial charge is 0.320 e. The van der Waals surface area contributed by atoms with Crippen molar-refractivity contribution in [2.45, 2.75) is 70.7 Å². The molecule has 0 radical (unpaired) electrons. The average Bonchev–Trinajstić information content (AvgIpc) is 3.55. The number of ether oxygens (including phenoxy) is 1. The first-order chi connectivity index (χ1) is 18.0. The molecule has 9 nitrogen and oxygen atoms in total. The van der Waals surface area contributed by atoms with E-state index >= 15 is 0 Å². The minimum Gasteiger partial charge on any atom is -0.459 e. The average molecular weight is 558 g/mol. The van der Waals surface area contributed by atoms with E-state index < -0.39 is 5.60 Å². The maximum atomic E-state index is 13.1. The minimum atomic E-state index is -0.519. The lowest BCUT2D eigenvalue weighted by atomic mass is 10.1. The third kappa shape index (κ3) is 6.19. The predicted molar refractivity (Wildman–Crippen MR) is 147 cm³/mol. The molecular formula is C27H32ClN5O4S. The molecule has 3 N–H and O–H groups in total. The van der Waals surface area contributed by atoms with Crippen LogP contribution in [0.1, 0.15) is 70.9 Å². The summed E-state index contributed by atoms with van der Waals surface area (Å²) in [5.41, 5.74) is 1.70. The van der Waals surface area contributed by atoms with Gasteiger partial charge < -0.3 is 20.4 Å². The van der Waals surface area contributed by atoms with E-state index in [1.54, 1.807) is 12.1 Å². The summed E-state index contributed by atoms with van der Waals surface area (Å²) in [6, 6.07) is 6.88. The molecule has 3 heterocycles. The molecule has 11 heteroatoms. The molecule has 1 saturated carbocycles. The number of fused-ring (bicyclic) bond motifs is 2. The number of nitrogens with one attached hydrogen (secondary N) is 3. The molecule has 0 saturated heterocycles. The summed E-state index contributed by atoms with van der Waals surface area (Å²) in [7, 11) is 0. The Kier molecular flexibility index (Phi) is 7.48. The van der Waals surface area contributed by atoms with Crippen molar-refractivity contribution in [1.82, 2.24) is 25.5 Å². The first kappa shape index (κ1) is 26.6. The third-order valence-corrected chi connectivity index (χ3v) is 8.07. The summed E-state index contributed by atoms with van der Waals surface area (Å²) in [5.74, 6) is -0.693. The van der Waals surface area contributed by atoms with Crippen LogP contribution in [0.4, 0.5) is 0 Å². The first-order valence-corrected chi connectivity index (χ1v) is 14.1. The number of hydrogen-bond acceptors (Lipinski definition) is 7. The van der Waals surface area contributed by atoms with E-state index in [0.29, 0.717) is 35.2 Å². The van der Waals surface area contributed by atoms with Gasteiger partial charge in [0.1, 0.15) is 11.3 Å². The number of thiazole rings is 1. The fraction of sp³-hybridized carbons (Fsp3) is 0.481. The highest BCUT2D eigenvalue weighted by Crippen LogP contribution is 2.27. The fourth-order valence-electron chi connectivity index (χ4n) is 5.04. The quantitative estimate of drug-likeness (QED) is 0.394. The number of amides is 2. The van der Waals surface area contributed by atoms with Crippen molar-refractivity contribution < 1.29 is 19.1 Å². The topological polar surface area (TPSA) is 116 Å². The van der Waals surface area contributed by atoms with Gasteiger partial charge in [0.25, 0.3) is 11.8 Å². The van der Waals surface area contributed by atoms with Crippen molar-refractivity contribution in [2.24, 2.45) is 0 Å². The number of benzene rings is 1. The van der Waals surface area contributed by atoms with E-state index in [1.807, 2.05) is 37.8 Å². The highest BCUT2D eigenvalue weighted by Gasteiger charge is 2.32. The van der Waals surface area contributed by atoms with Crippen LogP contribution in [0.15, 0.2) is 24.3 Å². The van der Waals surface area contributed by atoms with Gasteiger partial charge in [-0.15, -0.1) is 11.3 Å². The molecule has 1 fully saturated rings. The van der Waals surface area contributed by atoms with Crippen molar-refractivity contribution in [3.05, 3.63) is 50.6 Å². The van der Waals surface area contributed by atoms with Crippen LogP contribution >= 0.6 is 22.9 Å². The Morgan fingerprint density at radius 1 is 1.16 bits per heavy atom. The molecule has 1 aliphatic carbocycles. The zero-order valence-electron chi connectivity index (χ0n) is 21.7. The van der Waals surface area contributed by atoms with Gasteiger partial charge in [-0.3, -0.25) is 19.3 Å². The largest absolute Gasteiger partial charge is 0.459 e. The van der Waals surface area contributed by atoms with Crippen LogP contribution in [0.25, 0.3) is 10.9 Å². The summed E-state index contributed by atoms with van der Waals surface area (Å²) >= 11 is 7.43. The number of carbonyl (C=O) groups is 3. The van der Waals surface area contributed by atoms with Crippen LogP contribution in [0.3, 0.4) is 0 Å². The van der Waals surface area contributed by atoms with E-state index in [2.05, 4.69) is 20.6 Å². The first-order valence-electron chi connectivity index (χ1n) is 12.9. The Labute approximate surface area is 230 Å². The Morgan fingerprint density at radius 3 is 2.63 bits per heavy atom. The lowest BCUT2D eigenvalue weighted by Crippen LogP contribution is -2.48. The van der Waals surface area contributed by atoms with E-state index in [9.17, 15) is 14.4 Å². The molecule has 2 atom stereocenters. The highest BCUT2D eigenvalue weighted by atomic mass is 35.5. The van der Waals surface area contributed by atoms with Gasteiger partial charge in [0.05, 0.1) is 12.2 Å². The van der Waals surface area contributed by atoms with Crippen molar-refractivity contribution in [3.63, 3.8) is 0 Å². The van der Waals surface area contributed by atoms with Crippen LogP contribution in [0, 0.1) is 0 Å². The molecule has 202 valence electrons. The Hall–Kier alpha value is -2.95. The molecule has 1 aliphatic heterocycles. The molecule has 5 rings (SSSR count). The van der Waals surface area contributed by atoms with Gasteiger partial charge in [0.15, 0.2) is 5.01 Å². The molecule has 0 spiro atoms. The number of rotatable bonds is 6. The second kappa shape index (κ2) is 10.7. The SMILES string of the molecule is CC(C)(C)OC(=O)CN1CCc2nc(C(=O)N[C@H]3CCC[C@@H]3NC(=O)c3cc4cc(Cl)ccc4[nH]3)sc2C1. The van der Waals surface area contributed by atoms with Crippen LogP contribution in [-0.2, 0) is 22.5 Å². The van der Waals surface area contributed by atoms with E-state index in [1.165, 1.54) is 11.3 Å². The zero-order chi connectivity index (χ0) is 27.0. The van der Waals surface area contributed by atoms with Crippen molar-refractivity contribution >= 4 is 51.6 Å². The molecule has 2 aromatic heterocycles. The monoisotopic (exact) mass is 557 g/mol. The van der Waals surface area contributed by atoms with Crippen molar-refractivity contribution in [3.8, 4) is 0 Å². The molecule has 0 unspecified atom stereocenters. The lowest BCUT2D eigenvalue weighted by Gasteiger charge is -2.27. The van der Waals surface area contributed by atoms with Gasteiger partial charge >= 0.3 is 5.97 Å². The second-order valence-corrected chi connectivity index (χ2v) is 12.5. The van der Waals surface area contributed by atoms with Crippen molar-refractivity contribution in [1.29, 1.82) is 0 Å². The number of esters is 1. The van der Waals surface area contributed by atoms with Crippen LogP contribution < -0.4 is 10.6 Å². The van der Waals surface area contributed by atoms with Gasteiger partial charge in [0, 0.05) is 52.4 Å². The Bertz CT molecular complexity index is 1380. The molecule has 38 heavy (non-hydrogen) atoms. The maximum absolute atomic E-state index is 13.1. The third-order valence-electron chi connectivity index (χ3n) is 6.75. The summed E-state index contributed by atoms with van der Waals surface area (Å²) in [6.07, 6.45) is 3.16. The fourth-order valence-corrected chi connectivity index (χ4v) is 6.28. The Balaban J connectivity index is 1.18. The molecule has 3 aromatic rings. The minimum absolute atomic E-state index is 0.166. The van der Waals surface area contributed by atoms with Gasteiger partial charge in [-0.1, -0.05) is 11.6 Å². The van der Waals surface area contributed by atoms with Gasteiger partial charge in [-0.05, 0) is 64.3 Å². The molecular weight excluding hydrogens is 526 g/mol. The number of H-pyrrole nitrogens is 1. The summed E-state index contributed by atoms with van der Waals surface area (Å²) in [5, 5.41) is 8.07. The summed E-state index contributed by atoms with van der Waals surface area (Å²) in [4.78, 5) is 49.0. The number of nitrogens with zero attached hydrogens (tertiary/aromatic N) is 2. The van der Waals surface area contributed by atoms with Gasteiger partial charge in [0.2, 0.25) is 0 Å². The standard InChI is InChI=1S/C27H32ClN5O4S/c1-27(2,3)37-23(34)14-33-10-9-20-22(13-33)38-26(32-20)25(36)31-19-6-4-5-18(19)30-24(35)21-12-15-11-16(28)7-8-17(15)29-21/h7-8,11-12,18-19,29H,4-6,9-10,13-14H2,1-3H3,(H,30,35)(H,31,36)/t18-,19-/m0/s1. The number of hydrogen-bond donors (Lipinski definition) is 3. The summed E-state index contributed by atoms with van der Waals surface area (Å²) < 4.78 is 5.44. The van der Waals surface area contributed by atoms with Crippen molar-refractivity contribution in [2.75, 3.05) is 13.1 Å². The molecule has 1 aromatic carbocycles. The molecule has 2 amide bonds. The highest BCUT2D eigenvalue weighted by molar-refractivity contribution is 7.13. The lowest BCUT2D eigenvalue weighted by molar-refractivity contribution is -0.156. The van der Waals surface area contributed by atoms with Gasteiger partial charge in [-0.25, -0.2) is 4.98 Å².